The van der Waals surface area contributed by atoms with Crippen LogP contribution in [0.25, 0.3) is 6.08 Å². The maximum absolute atomic E-state index is 12.2. The zero-order valence-electron chi connectivity index (χ0n) is 14.6. The largest absolute Gasteiger partial charge is 0.465 e. The molecule has 0 saturated carbocycles. The maximum Gasteiger partial charge on any atom is 0.339 e. The number of hydrogen-bond acceptors (Lipinski definition) is 6. The number of carbonyl (C=O) groups excluding carboxylic acids is 2. The smallest absolute Gasteiger partial charge is 0.339 e. The zero-order valence-corrected chi connectivity index (χ0v) is 14.6. The van der Waals surface area contributed by atoms with Crippen LogP contribution in [0.15, 0.2) is 47.2 Å². The molecular formula is C19H21N3O4. The molecule has 7 heteroatoms. The van der Waals surface area contributed by atoms with Crippen LogP contribution in [0.5, 0.6) is 0 Å². The molecule has 1 fully saturated rings. The molecule has 1 aliphatic heterocycles. The number of pyridine rings is 1. The van der Waals surface area contributed by atoms with Gasteiger partial charge in [-0.15, -0.1) is 0 Å². The van der Waals surface area contributed by atoms with E-state index in [1.165, 1.54) is 12.3 Å². The van der Waals surface area contributed by atoms with E-state index >= 15 is 0 Å². The van der Waals surface area contributed by atoms with Crippen LogP contribution in [0, 0.1) is 0 Å². The van der Waals surface area contributed by atoms with E-state index in [0.29, 0.717) is 44.1 Å². The molecule has 0 radical (unpaired) electrons. The summed E-state index contributed by atoms with van der Waals surface area (Å²) < 4.78 is 10.1. The predicted molar refractivity (Wildman–Crippen MR) is 96.7 cm³/mol. The van der Waals surface area contributed by atoms with Gasteiger partial charge in [0, 0.05) is 38.5 Å². The van der Waals surface area contributed by atoms with E-state index in [1.807, 2.05) is 0 Å². The van der Waals surface area contributed by atoms with Crippen molar-refractivity contribution in [3.05, 3.63) is 54.1 Å². The van der Waals surface area contributed by atoms with Crippen LogP contribution in [0.3, 0.4) is 0 Å². The molecule has 0 bridgehead atoms. The number of rotatable bonds is 5. The van der Waals surface area contributed by atoms with Gasteiger partial charge >= 0.3 is 5.97 Å². The van der Waals surface area contributed by atoms with Crippen LogP contribution in [0.1, 0.15) is 23.0 Å². The van der Waals surface area contributed by atoms with Crippen molar-refractivity contribution < 1.29 is 18.7 Å². The topological polar surface area (TPSA) is 75.9 Å². The lowest BCUT2D eigenvalue weighted by Crippen LogP contribution is -2.48. The summed E-state index contributed by atoms with van der Waals surface area (Å²) in [4.78, 5) is 32.1. The molecule has 26 heavy (non-hydrogen) atoms. The summed E-state index contributed by atoms with van der Waals surface area (Å²) in [7, 11) is 0. The Hall–Kier alpha value is -3.09. The standard InChI is InChI=1S/C19H21N3O4/c1-2-25-19(24)15-5-7-17(20-14-15)21-9-11-22(12-10-21)18(23)8-6-16-4-3-13-26-16/h3-8,13-14H,2,9-12H2,1H3. The minimum Gasteiger partial charge on any atom is -0.465 e. The van der Waals surface area contributed by atoms with Crippen molar-refractivity contribution in [2.24, 2.45) is 0 Å². The summed E-state index contributed by atoms with van der Waals surface area (Å²) in [5, 5.41) is 0. The minimum absolute atomic E-state index is 0.0355. The summed E-state index contributed by atoms with van der Waals surface area (Å²) in [6, 6.07) is 7.10. The second-order valence-electron chi connectivity index (χ2n) is 5.79. The minimum atomic E-state index is -0.370. The van der Waals surface area contributed by atoms with E-state index in [-0.39, 0.29) is 11.9 Å². The molecular weight excluding hydrogens is 334 g/mol. The third kappa shape index (κ3) is 4.30. The molecule has 3 rings (SSSR count). The fraction of sp³-hybridized carbons (Fsp3) is 0.316. The summed E-state index contributed by atoms with van der Waals surface area (Å²) in [5.74, 6) is 1.04. The van der Waals surface area contributed by atoms with Gasteiger partial charge in [0.1, 0.15) is 11.6 Å². The lowest BCUT2D eigenvalue weighted by Gasteiger charge is -2.35. The maximum atomic E-state index is 12.2. The van der Waals surface area contributed by atoms with E-state index in [4.69, 9.17) is 9.15 Å². The van der Waals surface area contributed by atoms with E-state index in [0.717, 1.165) is 5.82 Å². The summed E-state index contributed by atoms with van der Waals surface area (Å²) in [6.45, 7) is 4.71. The van der Waals surface area contributed by atoms with Crippen LogP contribution in [-0.2, 0) is 9.53 Å². The molecule has 136 valence electrons. The Morgan fingerprint density at radius 3 is 2.65 bits per heavy atom. The van der Waals surface area contributed by atoms with Crippen LogP contribution < -0.4 is 4.90 Å². The van der Waals surface area contributed by atoms with Gasteiger partial charge in [0.15, 0.2) is 0 Å². The summed E-state index contributed by atoms with van der Waals surface area (Å²) in [6.07, 6.45) is 6.30. The van der Waals surface area contributed by atoms with Crippen molar-refractivity contribution in [1.29, 1.82) is 0 Å². The average molecular weight is 355 g/mol. The number of aromatic nitrogens is 1. The first-order valence-electron chi connectivity index (χ1n) is 8.56. The number of anilines is 1. The first-order chi connectivity index (χ1) is 12.7. The Morgan fingerprint density at radius 2 is 2.04 bits per heavy atom. The van der Waals surface area contributed by atoms with Gasteiger partial charge in [-0.3, -0.25) is 4.79 Å². The fourth-order valence-corrected chi connectivity index (χ4v) is 2.71. The highest BCUT2D eigenvalue weighted by atomic mass is 16.5. The Morgan fingerprint density at radius 1 is 1.23 bits per heavy atom. The summed E-state index contributed by atoms with van der Waals surface area (Å²) in [5.41, 5.74) is 0.437. The first-order valence-corrected chi connectivity index (χ1v) is 8.56. The van der Waals surface area contributed by atoms with Crippen molar-refractivity contribution in [2.45, 2.75) is 6.92 Å². The SMILES string of the molecule is CCOC(=O)c1ccc(N2CCN(C(=O)C=Cc3ccco3)CC2)nc1. The molecule has 0 N–H and O–H groups in total. The van der Waals surface area contributed by atoms with Gasteiger partial charge in [-0.1, -0.05) is 0 Å². The molecule has 1 aliphatic rings. The highest BCUT2D eigenvalue weighted by Crippen LogP contribution is 2.15. The summed E-state index contributed by atoms with van der Waals surface area (Å²) >= 11 is 0. The zero-order chi connectivity index (χ0) is 18.4. The van der Waals surface area contributed by atoms with Crippen molar-refractivity contribution in [3.8, 4) is 0 Å². The molecule has 1 amide bonds. The number of amides is 1. The fourth-order valence-electron chi connectivity index (χ4n) is 2.71. The van der Waals surface area contributed by atoms with Gasteiger partial charge in [-0.05, 0) is 37.3 Å². The quantitative estimate of drug-likeness (QED) is 0.605. The second kappa shape index (κ2) is 8.33. The second-order valence-corrected chi connectivity index (χ2v) is 5.79. The van der Waals surface area contributed by atoms with Crippen molar-refractivity contribution >= 4 is 23.8 Å². The van der Waals surface area contributed by atoms with Crippen LogP contribution in [0.4, 0.5) is 5.82 Å². The molecule has 3 heterocycles. The Labute approximate surface area is 151 Å². The molecule has 0 aromatic carbocycles. The Balaban J connectivity index is 1.53. The van der Waals surface area contributed by atoms with Gasteiger partial charge in [0.05, 0.1) is 18.4 Å². The van der Waals surface area contributed by atoms with Crippen LogP contribution in [-0.4, -0.2) is 54.5 Å². The lowest BCUT2D eigenvalue weighted by atomic mass is 10.2. The van der Waals surface area contributed by atoms with E-state index in [2.05, 4.69) is 9.88 Å². The molecule has 0 aliphatic carbocycles. The molecule has 2 aromatic rings. The number of ether oxygens (including phenoxy) is 1. The van der Waals surface area contributed by atoms with Gasteiger partial charge < -0.3 is 19.0 Å². The first kappa shape index (κ1) is 17.7. The monoisotopic (exact) mass is 355 g/mol. The molecule has 0 spiro atoms. The number of esters is 1. The number of hydrogen-bond donors (Lipinski definition) is 0. The highest BCUT2D eigenvalue weighted by Gasteiger charge is 2.20. The molecule has 0 unspecified atom stereocenters. The van der Waals surface area contributed by atoms with Crippen molar-refractivity contribution in [1.82, 2.24) is 9.88 Å². The van der Waals surface area contributed by atoms with Crippen LogP contribution >= 0.6 is 0 Å². The van der Waals surface area contributed by atoms with Crippen molar-refractivity contribution in [2.75, 3.05) is 37.7 Å². The predicted octanol–water partition coefficient (Wildman–Crippen LogP) is 2.21. The van der Waals surface area contributed by atoms with Crippen LogP contribution in [0.2, 0.25) is 0 Å². The average Bonchev–Trinajstić information content (AvgIpc) is 3.20. The van der Waals surface area contributed by atoms with E-state index in [9.17, 15) is 9.59 Å². The third-order valence-corrected chi connectivity index (χ3v) is 4.11. The lowest BCUT2D eigenvalue weighted by molar-refractivity contribution is -0.126. The van der Waals surface area contributed by atoms with E-state index in [1.54, 1.807) is 48.4 Å². The third-order valence-electron chi connectivity index (χ3n) is 4.11. The molecule has 2 aromatic heterocycles. The Kier molecular flexibility index (Phi) is 5.68. The van der Waals surface area contributed by atoms with Gasteiger partial charge in [0.25, 0.3) is 0 Å². The van der Waals surface area contributed by atoms with Gasteiger partial charge in [0.2, 0.25) is 5.91 Å². The number of nitrogens with zero attached hydrogens (tertiary/aromatic N) is 3. The normalized spacial score (nSPS) is 14.7. The Bertz CT molecular complexity index is 761. The number of piperazine rings is 1. The highest BCUT2D eigenvalue weighted by molar-refractivity contribution is 5.91. The van der Waals surface area contributed by atoms with Gasteiger partial charge in [-0.25, -0.2) is 9.78 Å². The van der Waals surface area contributed by atoms with Gasteiger partial charge in [-0.2, -0.15) is 0 Å². The molecule has 0 atom stereocenters. The number of carbonyl (C=O) groups is 2. The van der Waals surface area contributed by atoms with E-state index < -0.39 is 0 Å². The molecule has 1 saturated heterocycles. The molecule has 7 nitrogen and oxygen atoms in total. The number of furan rings is 1. The van der Waals surface area contributed by atoms with Crippen molar-refractivity contribution in [3.63, 3.8) is 0 Å².